The summed E-state index contributed by atoms with van der Waals surface area (Å²) in [5, 5.41) is 7.59. The molecule has 116 valence electrons. The van der Waals surface area contributed by atoms with E-state index < -0.39 is 0 Å². The van der Waals surface area contributed by atoms with E-state index in [2.05, 4.69) is 10.4 Å². The van der Waals surface area contributed by atoms with E-state index in [0.29, 0.717) is 23.1 Å². The van der Waals surface area contributed by atoms with Gasteiger partial charge in [0.1, 0.15) is 11.5 Å². The summed E-state index contributed by atoms with van der Waals surface area (Å²) < 4.78 is 7.39. The van der Waals surface area contributed by atoms with Crippen LogP contribution in [-0.4, -0.2) is 21.7 Å². The topological polar surface area (TPSA) is 60.1 Å². The summed E-state index contributed by atoms with van der Waals surface area (Å²) in [4.78, 5) is 12.5. The molecule has 2 aromatic heterocycles. The molecule has 3 aromatic rings. The molecule has 5 nitrogen and oxygen atoms in total. The van der Waals surface area contributed by atoms with Crippen LogP contribution in [0.15, 0.2) is 53.1 Å². The highest BCUT2D eigenvalue weighted by molar-refractivity contribution is 5.99. The van der Waals surface area contributed by atoms with Gasteiger partial charge in [-0.15, -0.1) is 0 Å². The van der Waals surface area contributed by atoms with Crippen molar-refractivity contribution in [3.05, 3.63) is 60.0 Å². The fourth-order valence-electron chi connectivity index (χ4n) is 2.49. The second-order valence-corrected chi connectivity index (χ2v) is 5.83. The van der Waals surface area contributed by atoms with Crippen molar-refractivity contribution in [3.63, 3.8) is 0 Å². The number of carbonyl (C=O) groups is 1. The zero-order valence-corrected chi connectivity index (χ0v) is 12.8. The van der Waals surface area contributed by atoms with Crippen LogP contribution >= 0.6 is 0 Å². The molecule has 1 fully saturated rings. The Bertz CT molecular complexity index is 844. The number of nitrogens with zero attached hydrogens (tertiary/aromatic N) is 2. The summed E-state index contributed by atoms with van der Waals surface area (Å²) in [5.74, 6) is 1.31. The second-order valence-electron chi connectivity index (χ2n) is 5.83. The van der Waals surface area contributed by atoms with E-state index in [9.17, 15) is 4.79 Å². The third-order valence-electron chi connectivity index (χ3n) is 3.87. The number of hydrogen-bond donors (Lipinski definition) is 1. The lowest BCUT2D eigenvalue weighted by Crippen LogP contribution is -2.25. The Morgan fingerprint density at radius 1 is 1.22 bits per heavy atom. The highest BCUT2D eigenvalue weighted by Gasteiger charge is 2.27. The summed E-state index contributed by atoms with van der Waals surface area (Å²) in [5.41, 5.74) is 2.01. The van der Waals surface area contributed by atoms with Crippen molar-refractivity contribution in [1.82, 2.24) is 15.1 Å². The number of furan rings is 1. The number of aromatic nitrogens is 2. The van der Waals surface area contributed by atoms with Gasteiger partial charge in [-0.25, -0.2) is 4.68 Å². The number of rotatable bonds is 4. The number of hydrogen-bond acceptors (Lipinski definition) is 3. The molecule has 0 bridgehead atoms. The molecule has 2 heterocycles. The van der Waals surface area contributed by atoms with E-state index in [1.165, 1.54) is 0 Å². The minimum absolute atomic E-state index is 0.0984. The van der Waals surface area contributed by atoms with Crippen LogP contribution in [0, 0.1) is 6.92 Å². The van der Waals surface area contributed by atoms with Crippen LogP contribution < -0.4 is 5.32 Å². The van der Waals surface area contributed by atoms with E-state index in [4.69, 9.17) is 4.42 Å². The highest BCUT2D eigenvalue weighted by Crippen LogP contribution is 2.27. The van der Waals surface area contributed by atoms with E-state index in [1.807, 2.05) is 49.4 Å². The molecule has 0 aliphatic heterocycles. The highest BCUT2D eigenvalue weighted by atomic mass is 16.3. The van der Waals surface area contributed by atoms with Crippen molar-refractivity contribution < 1.29 is 9.21 Å². The first-order valence-corrected chi connectivity index (χ1v) is 7.73. The average Bonchev–Trinajstić information content (AvgIpc) is 3.10. The minimum Gasteiger partial charge on any atom is -0.460 e. The van der Waals surface area contributed by atoms with Crippen LogP contribution in [0.3, 0.4) is 0 Å². The van der Waals surface area contributed by atoms with Crippen LogP contribution in [0.25, 0.3) is 17.1 Å². The Balaban J connectivity index is 1.78. The van der Waals surface area contributed by atoms with Gasteiger partial charge < -0.3 is 9.73 Å². The lowest BCUT2D eigenvalue weighted by atomic mass is 10.2. The standard InChI is InChI=1S/C18H17N3O2/c1-12-7-10-16(23-12)17-15(18(22)19-13-8-9-13)11-21(20-17)14-5-3-2-4-6-14/h2-7,10-11,13H,8-9H2,1H3,(H,19,22). The molecule has 0 radical (unpaired) electrons. The van der Waals surface area contributed by atoms with Crippen molar-refractivity contribution in [2.75, 3.05) is 0 Å². The smallest absolute Gasteiger partial charge is 0.255 e. The van der Waals surface area contributed by atoms with Crippen molar-refractivity contribution in [1.29, 1.82) is 0 Å². The summed E-state index contributed by atoms with van der Waals surface area (Å²) in [7, 11) is 0. The second kappa shape index (κ2) is 5.43. The summed E-state index contributed by atoms with van der Waals surface area (Å²) in [6.07, 6.45) is 3.86. The zero-order chi connectivity index (χ0) is 15.8. The summed E-state index contributed by atoms with van der Waals surface area (Å²) in [6.45, 7) is 1.88. The third kappa shape index (κ3) is 2.77. The number of nitrogens with one attached hydrogen (secondary N) is 1. The van der Waals surface area contributed by atoms with Crippen molar-refractivity contribution >= 4 is 5.91 Å². The molecule has 1 saturated carbocycles. The van der Waals surface area contributed by atoms with E-state index in [0.717, 1.165) is 24.3 Å². The fourth-order valence-corrected chi connectivity index (χ4v) is 2.49. The van der Waals surface area contributed by atoms with Gasteiger partial charge in [-0.2, -0.15) is 5.10 Å². The van der Waals surface area contributed by atoms with Gasteiger partial charge in [-0.1, -0.05) is 18.2 Å². The Morgan fingerprint density at radius 2 is 2.00 bits per heavy atom. The zero-order valence-electron chi connectivity index (χ0n) is 12.8. The molecule has 1 N–H and O–H groups in total. The summed E-state index contributed by atoms with van der Waals surface area (Å²) in [6, 6.07) is 13.8. The van der Waals surface area contributed by atoms with Crippen molar-refractivity contribution in [2.24, 2.45) is 0 Å². The molecule has 1 aliphatic carbocycles. The molecule has 0 atom stereocenters. The molecule has 5 heteroatoms. The maximum atomic E-state index is 12.5. The number of benzene rings is 1. The SMILES string of the molecule is Cc1ccc(-c2nn(-c3ccccc3)cc2C(=O)NC2CC2)o1. The Morgan fingerprint density at radius 3 is 2.65 bits per heavy atom. The molecular formula is C18H17N3O2. The minimum atomic E-state index is -0.0984. The molecule has 1 amide bonds. The normalized spacial score (nSPS) is 14.0. The van der Waals surface area contributed by atoms with E-state index >= 15 is 0 Å². The molecule has 4 rings (SSSR count). The van der Waals surface area contributed by atoms with Gasteiger partial charge in [0.2, 0.25) is 0 Å². The van der Waals surface area contributed by atoms with Gasteiger partial charge in [-0.3, -0.25) is 4.79 Å². The maximum absolute atomic E-state index is 12.5. The van der Waals surface area contributed by atoms with Crippen LogP contribution in [0.4, 0.5) is 0 Å². The average molecular weight is 307 g/mol. The molecule has 23 heavy (non-hydrogen) atoms. The quantitative estimate of drug-likeness (QED) is 0.804. The van der Waals surface area contributed by atoms with Gasteiger partial charge in [0, 0.05) is 12.2 Å². The van der Waals surface area contributed by atoms with Crippen LogP contribution in [0.1, 0.15) is 29.0 Å². The fraction of sp³-hybridized carbons (Fsp3) is 0.222. The van der Waals surface area contributed by atoms with Gasteiger partial charge >= 0.3 is 0 Å². The third-order valence-corrected chi connectivity index (χ3v) is 3.87. The number of aryl methyl sites for hydroxylation is 1. The van der Waals surface area contributed by atoms with Crippen LogP contribution in [0.2, 0.25) is 0 Å². The van der Waals surface area contributed by atoms with Gasteiger partial charge in [0.05, 0.1) is 11.3 Å². The first-order valence-electron chi connectivity index (χ1n) is 7.73. The molecular weight excluding hydrogens is 290 g/mol. The number of amides is 1. The van der Waals surface area contributed by atoms with Crippen LogP contribution in [0.5, 0.6) is 0 Å². The van der Waals surface area contributed by atoms with Gasteiger partial charge in [0.25, 0.3) is 5.91 Å². The van der Waals surface area contributed by atoms with Crippen molar-refractivity contribution in [2.45, 2.75) is 25.8 Å². The molecule has 0 spiro atoms. The number of para-hydroxylation sites is 1. The van der Waals surface area contributed by atoms with E-state index in [-0.39, 0.29) is 5.91 Å². The predicted octanol–water partition coefficient (Wildman–Crippen LogP) is 3.33. The van der Waals surface area contributed by atoms with Crippen molar-refractivity contribution in [3.8, 4) is 17.1 Å². The molecule has 0 unspecified atom stereocenters. The van der Waals surface area contributed by atoms with Gasteiger partial charge in [-0.05, 0) is 44.0 Å². The maximum Gasteiger partial charge on any atom is 0.255 e. The monoisotopic (exact) mass is 307 g/mol. The first-order chi connectivity index (χ1) is 11.2. The predicted molar refractivity (Wildman–Crippen MR) is 86.5 cm³/mol. The Kier molecular flexibility index (Phi) is 3.26. The summed E-state index contributed by atoms with van der Waals surface area (Å²) >= 11 is 0. The molecule has 1 aromatic carbocycles. The molecule has 1 aliphatic rings. The van der Waals surface area contributed by atoms with Crippen LogP contribution in [-0.2, 0) is 0 Å². The molecule has 0 saturated heterocycles. The first kappa shape index (κ1) is 13.8. The van der Waals surface area contributed by atoms with E-state index in [1.54, 1.807) is 10.9 Å². The lowest BCUT2D eigenvalue weighted by molar-refractivity contribution is 0.0951. The lowest BCUT2D eigenvalue weighted by Gasteiger charge is -2.01. The largest absolute Gasteiger partial charge is 0.460 e. The number of carbonyl (C=O) groups excluding carboxylic acids is 1. The Labute approximate surface area is 133 Å². The Hall–Kier alpha value is -2.82. The van der Waals surface area contributed by atoms with Gasteiger partial charge in [0.15, 0.2) is 5.76 Å².